The van der Waals surface area contributed by atoms with Crippen molar-refractivity contribution in [3.63, 3.8) is 0 Å². The Balaban J connectivity index is 3.77. The van der Waals surface area contributed by atoms with Gasteiger partial charge in [0, 0.05) is 6.42 Å². The first-order chi connectivity index (χ1) is 5.49. The molecule has 0 heterocycles. The maximum atomic E-state index is 11.7. The molecule has 0 aromatic heterocycles. The third kappa shape index (κ3) is 6.39. The molecule has 0 saturated carbocycles. The number of rotatable bonds is 5. The minimum atomic E-state index is -4.64. The second-order valence-electron chi connectivity index (χ2n) is 2.45. The fourth-order valence-corrected chi connectivity index (χ4v) is 0.895. The van der Waals surface area contributed by atoms with Crippen LogP contribution in [0.4, 0.5) is 17.6 Å². The minimum absolute atomic E-state index is 0.187. The van der Waals surface area contributed by atoms with Crippen molar-refractivity contribution in [2.75, 3.05) is 6.67 Å². The molecule has 0 aliphatic rings. The summed E-state index contributed by atoms with van der Waals surface area (Å²) in [6.07, 6.45) is -5.06. The molecule has 5 heteroatoms. The van der Waals surface area contributed by atoms with E-state index in [1.165, 1.54) is 0 Å². The van der Waals surface area contributed by atoms with E-state index in [4.69, 9.17) is 0 Å². The highest BCUT2D eigenvalue weighted by Crippen LogP contribution is 2.22. The maximum Gasteiger partial charge on any atom is 0.522 e. The van der Waals surface area contributed by atoms with Gasteiger partial charge in [0.15, 0.2) is 0 Å². The molecule has 0 amide bonds. The third-order valence-corrected chi connectivity index (χ3v) is 1.34. The van der Waals surface area contributed by atoms with Crippen molar-refractivity contribution < 1.29 is 22.3 Å². The Bertz CT molecular complexity index is 106. The highest BCUT2D eigenvalue weighted by atomic mass is 19.4. The van der Waals surface area contributed by atoms with E-state index in [-0.39, 0.29) is 12.8 Å². The van der Waals surface area contributed by atoms with Gasteiger partial charge in [0.05, 0.1) is 12.8 Å². The normalized spacial score (nSPS) is 14.8. The topological polar surface area (TPSA) is 9.23 Å². The molecule has 0 aliphatic heterocycles. The van der Waals surface area contributed by atoms with Gasteiger partial charge in [0.1, 0.15) is 0 Å². The lowest BCUT2D eigenvalue weighted by atomic mass is 10.1. The summed E-state index contributed by atoms with van der Waals surface area (Å²) in [5.74, 6) is 0. The highest BCUT2D eigenvalue weighted by Gasteiger charge is 2.32. The molecule has 0 spiro atoms. The van der Waals surface area contributed by atoms with E-state index >= 15 is 0 Å². The van der Waals surface area contributed by atoms with Gasteiger partial charge in [-0.3, -0.25) is 9.13 Å². The zero-order valence-corrected chi connectivity index (χ0v) is 6.83. The van der Waals surface area contributed by atoms with Gasteiger partial charge in [-0.2, -0.15) is 0 Å². The van der Waals surface area contributed by atoms with Gasteiger partial charge in [0.25, 0.3) is 0 Å². The summed E-state index contributed by atoms with van der Waals surface area (Å²) in [5, 5.41) is 0. The Kier molecular flexibility index (Phi) is 5.20. The molecule has 0 aromatic rings. The van der Waals surface area contributed by atoms with Crippen LogP contribution >= 0.6 is 0 Å². The zero-order valence-electron chi connectivity index (χ0n) is 6.83. The van der Waals surface area contributed by atoms with Gasteiger partial charge in [0.2, 0.25) is 0 Å². The largest absolute Gasteiger partial charge is 0.522 e. The fourth-order valence-electron chi connectivity index (χ4n) is 0.895. The minimum Gasteiger partial charge on any atom is -0.288 e. The van der Waals surface area contributed by atoms with E-state index in [0.717, 1.165) is 0 Å². The van der Waals surface area contributed by atoms with Crippen molar-refractivity contribution in [1.29, 1.82) is 0 Å². The average molecular weight is 188 g/mol. The van der Waals surface area contributed by atoms with Gasteiger partial charge in [-0.1, -0.05) is 13.3 Å². The Hall–Kier alpha value is -0.320. The smallest absolute Gasteiger partial charge is 0.288 e. The predicted octanol–water partition coefficient (Wildman–Crippen LogP) is 3.05. The number of hydrogen-bond donors (Lipinski definition) is 0. The second-order valence-corrected chi connectivity index (χ2v) is 2.45. The van der Waals surface area contributed by atoms with E-state index in [2.05, 4.69) is 4.74 Å². The number of halogens is 4. The van der Waals surface area contributed by atoms with Gasteiger partial charge in [-0.15, -0.1) is 13.2 Å². The third-order valence-electron chi connectivity index (χ3n) is 1.34. The SMILES string of the molecule is CCCC(CCF)OC(F)(F)F. The summed E-state index contributed by atoms with van der Waals surface area (Å²) in [6.45, 7) is 0.950. The molecule has 1 unspecified atom stereocenters. The van der Waals surface area contributed by atoms with Crippen molar-refractivity contribution >= 4 is 0 Å². The molecule has 0 N–H and O–H groups in total. The Morgan fingerprint density at radius 3 is 2.17 bits per heavy atom. The summed E-state index contributed by atoms with van der Waals surface area (Å²) < 4.78 is 50.2. The Labute approximate surface area is 68.7 Å². The van der Waals surface area contributed by atoms with E-state index in [1.807, 2.05) is 0 Å². The van der Waals surface area contributed by atoms with Crippen LogP contribution in [-0.2, 0) is 4.74 Å². The van der Waals surface area contributed by atoms with E-state index in [0.29, 0.717) is 6.42 Å². The van der Waals surface area contributed by atoms with Crippen LogP contribution in [0.1, 0.15) is 26.2 Å². The van der Waals surface area contributed by atoms with Gasteiger partial charge in [-0.25, -0.2) is 0 Å². The monoisotopic (exact) mass is 188 g/mol. The quantitative estimate of drug-likeness (QED) is 0.602. The summed E-state index contributed by atoms with van der Waals surface area (Å²) in [6, 6.07) is 0. The highest BCUT2D eigenvalue weighted by molar-refractivity contribution is 4.57. The molecule has 0 aliphatic carbocycles. The lowest BCUT2D eigenvalue weighted by molar-refractivity contribution is -0.344. The Morgan fingerprint density at radius 1 is 1.25 bits per heavy atom. The lowest BCUT2D eigenvalue weighted by Crippen LogP contribution is -2.24. The molecular weight excluding hydrogens is 176 g/mol. The molecule has 1 nitrogen and oxygen atoms in total. The average Bonchev–Trinajstić information content (AvgIpc) is 1.84. The van der Waals surface area contributed by atoms with Crippen molar-refractivity contribution in [3.8, 4) is 0 Å². The van der Waals surface area contributed by atoms with Gasteiger partial charge < -0.3 is 0 Å². The summed E-state index contributed by atoms with van der Waals surface area (Å²) >= 11 is 0. The molecule has 0 bridgehead atoms. The summed E-state index contributed by atoms with van der Waals surface area (Å²) in [4.78, 5) is 0. The van der Waals surface area contributed by atoms with Crippen LogP contribution in [0, 0.1) is 0 Å². The standard InChI is InChI=1S/C7H12F4O/c1-2-3-6(4-5-8)12-7(9,10)11/h6H,2-5H2,1H3. The molecule has 12 heavy (non-hydrogen) atoms. The number of ether oxygens (including phenoxy) is 1. The molecular formula is C7H12F4O. The van der Waals surface area contributed by atoms with Crippen molar-refractivity contribution in [2.45, 2.75) is 38.7 Å². The molecule has 0 rings (SSSR count). The fraction of sp³-hybridized carbons (Fsp3) is 1.00. The molecule has 0 aromatic carbocycles. The second kappa shape index (κ2) is 5.35. The van der Waals surface area contributed by atoms with Gasteiger partial charge in [-0.05, 0) is 6.42 Å². The molecule has 0 saturated heterocycles. The number of alkyl halides is 4. The number of hydrogen-bond acceptors (Lipinski definition) is 1. The van der Waals surface area contributed by atoms with Crippen molar-refractivity contribution in [3.05, 3.63) is 0 Å². The molecule has 1 atom stereocenters. The Morgan fingerprint density at radius 2 is 1.83 bits per heavy atom. The van der Waals surface area contributed by atoms with Crippen LogP contribution in [0.5, 0.6) is 0 Å². The van der Waals surface area contributed by atoms with Crippen LogP contribution in [-0.4, -0.2) is 19.1 Å². The van der Waals surface area contributed by atoms with E-state index in [1.54, 1.807) is 6.92 Å². The van der Waals surface area contributed by atoms with Crippen molar-refractivity contribution in [2.24, 2.45) is 0 Å². The van der Waals surface area contributed by atoms with Crippen LogP contribution < -0.4 is 0 Å². The maximum absolute atomic E-state index is 11.7. The molecule has 0 fully saturated rings. The van der Waals surface area contributed by atoms with Crippen molar-refractivity contribution in [1.82, 2.24) is 0 Å². The van der Waals surface area contributed by atoms with Crippen LogP contribution in [0.25, 0.3) is 0 Å². The first-order valence-electron chi connectivity index (χ1n) is 3.80. The molecule has 0 radical (unpaired) electrons. The lowest BCUT2D eigenvalue weighted by Gasteiger charge is -2.16. The van der Waals surface area contributed by atoms with Crippen LogP contribution in [0.15, 0.2) is 0 Å². The predicted molar refractivity (Wildman–Crippen MR) is 36.4 cm³/mol. The van der Waals surface area contributed by atoms with Crippen LogP contribution in [0.2, 0.25) is 0 Å². The van der Waals surface area contributed by atoms with Crippen LogP contribution in [0.3, 0.4) is 0 Å². The van der Waals surface area contributed by atoms with Gasteiger partial charge >= 0.3 is 6.36 Å². The zero-order chi connectivity index (χ0) is 9.61. The summed E-state index contributed by atoms with van der Waals surface area (Å²) in [7, 11) is 0. The van der Waals surface area contributed by atoms with E-state index < -0.39 is 19.1 Å². The first-order valence-corrected chi connectivity index (χ1v) is 3.80. The molecule has 74 valence electrons. The van der Waals surface area contributed by atoms with E-state index in [9.17, 15) is 17.6 Å². The first kappa shape index (κ1) is 11.7. The summed E-state index contributed by atoms with van der Waals surface area (Å²) in [5.41, 5.74) is 0.